The van der Waals surface area contributed by atoms with Crippen molar-refractivity contribution in [3.8, 4) is 0 Å². The number of carbonyl (C=O) groups is 1. The van der Waals surface area contributed by atoms with Gasteiger partial charge < -0.3 is 9.52 Å². The average molecular weight is 315 g/mol. The van der Waals surface area contributed by atoms with E-state index in [0.29, 0.717) is 16.9 Å². The van der Waals surface area contributed by atoms with Crippen molar-refractivity contribution in [3.05, 3.63) is 84.3 Å². The number of carboxylic acid groups (broad SMARTS) is 1. The number of fused-ring (bicyclic) bond motifs is 3. The first-order chi connectivity index (χ1) is 11.7. The molecule has 1 N–H and O–H groups in total. The molecule has 0 fully saturated rings. The van der Waals surface area contributed by atoms with Crippen molar-refractivity contribution < 1.29 is 14.3 Å². The number of para-hydroxylation sites is 1. The van der Waals surface area contributed by atoms with Crippen molar-refractivity contribution in [2.45, 2.75) is 0 Å². The van der Waals surface area contributed by atoms with Gasteiger partial charge in [0.15, 0.2) is 0 Å². The average Bonchev–Trinajstić information content (AvgIpc) is 3.04. The van der Waals surface area contributed by atoms with Gasteiger partial charge in [-0.15, -0.1) is 0 Å². The molecule has 116 valence electrons. The number of nitrogens with zero attached hydrogens (tertiary/aromatic N) is 1. The van der Waals surface area contributed by atoms with Crippen LogP contribution in [0.1, 0.15) is 11.3 Å². The van der Waals surface area contributed by atoms with E-state index < -0.39 is 5.97 Å². The molecule has 0 atom stereocenters. The van der Waals surface area contributed by atoms with E-state index in [1.165, 1.54) is 6.08 Å². The molecule has 0 aliphatic heterocycles. The minimum Gasteiger partial charge on any atom is -0.478 e. The van der Waals surface area contributed by atoms with E-state index in [-0.39, 0.29) is 0 Å². The van der Waals surface area contributed by atoms with Crippen molar-refractivity contribution >= 4 is 33.4 Å². The summed E-state index contributed by atoms with van der Waals surface area (Å²) in [5.74, 6) is -0.506. The summed E-state index contributed by atoms with van der Waals surface area (Å²) >= 11 is 0. The van der Waals surface area contributed by atoms with Gasteiger partial charge in [0, 0.05) is 28.6 Å². The lowest BCUT2D eigenvalue weighted by Crippen LogP contribution is -1.93. The van der Waals surface area contributed by atoms with Crippen LogP contribution in [-0.4, -0.2) is 16.1 Å². The Bertz CT molecular complexity index is 1080. The molecule has 24 heavy (non-hydrogen) atoms. The second kappa shape index (κ2) is 5.66. The number of aliphatic carboxylic acids is 1. The number of rotatable bonds is 3. The lowest BCUT2D eigenvalue weighted by molar-refractivity contribution is -0.131. The van der Waals surface area contributed by atoms with Gasteiger partial charge in [0.25, 0.3) is 0 Å². The van der Waals surface area contributed by atoms with E-state index >= 15 is 0 Å². The number of hydrogen-bond acceptors (Lipinski definition) is 3. The SMILES string of the molecule is O=C(O)/C=C(/c1ccccc1)c1cc2cnc3ccccc3c2o1. The highest BCUT2D eigenvalue weighted by molar-refractivity contribution is 6.04. The van der Waals surface area contributed by atoms with Gasteiger partial charge in [-0.2, -0.15) is 0 Å². The van der Waals surface area contributed by atoms with Crippen LogP contribution >= 0.6 is 0 Å². The first kappa shape index (κ1) is 14.2. The van der Waals surface area contributed by atoms with E-state index in [0.717, 1.165) is 21.9 Å². The van der Waals surface area contributed by atoms with Crippen LogP contribution in [0.5, 0.6) is 0 Å². The first-order valence-corrected chi connectivity index (χ1v) is 7.50. The Labute approximate surface area is 137 Å². The Kier molecular flexibility index (Phi) is 3.35. The molecule has 0 bridgehead atoms. The summed E-state index contributed by atoms with van der Waals surface area (Å²) in [7, 11) is 0. The van der Waals surface area contributed by atoms with Crippen molar-refractivity contribution in [1.82, 2.24) is 4.98 Å². The number of carboxylic acids is 1. The van der Waals surface area contributed by atoms with Gasteiger partial charge in [-0.05, 0) is 23.8 Å². The molecule has 0 unspecified atom stereocenters. The van der Waals surface area contributed by atoms with Crippen molar-refractivity contribution in [2.24, 2.45) is 0 Å². The molecule has 4 aromatic rings. The molecule has 0 aliphatic carbocycles. The molecule has 2 heterocycles. The minimum absolute atomic E-state index is 0.511. The number of hydrogen-bond donors (Lipinski definition) is 1. The summed E-state index contributed by atoms with van der Waals surface area (Å²) in [6.45, 7) is 0. The third kappa shape index (κ3) is 2.44. The van der Waals surface area contributed by atoms with Crippen LogP contribution in [0.3, 0.4) is 0 Å². The molecule has 4 rings (SSSR count). The Morgan fingerprint density at radius 3 is 2.58 bits per heavy atom. The fourth-order valence-electron chi connectivity index (χ4n) is 2.80. The summed E-state index contributed by atoms with van der Waals surface area (Å²) in [4.78, 5) is 15.7. The summed E-state index contributed by atoms with van der Waals surface area (Å²) in [5, 5.41) is 11.0. The Hall–Kier alpha value is -3.40. The molecule has 0 aliphatic rings. The van der Waals surface area contributed by atoms with Gasteiger partial charge in [0.1, 0.15) is 11.3 Å². The summed E-state index contributed by atoms with van der Waals surface area (Å²) in [6.07, 6.45) is 2.91. The Morgan fingerprint density at radius 2 is 1.79 bits per heavy atom. The van der Waals surface area contributed by atoms with Crippen molar-refractivity contribution in [1.29, 1.82) is 0 Å². The fourth-order valence-corrected chi connectivity index (χ4v) is 2.80. The molecule has 4 nitrogen and oxygen atoms in total. The molecule has 4 heteroatoms. The topological polar surface area (TPSA) is 63.3 Å². The van der Waals surface area contributed by atoms with Gasteiger partial charge in [-0.1, -0.05) is 42.5 Å². The van der Waals surface area contributed by atoms with Gasteiger partial charge in [0.2, 0.25) is 0 Å². The molecule has 2 aromatic heterocycles. The van der Waals surface area contributed by atoms with Gasteiger partial charge in [-0.3, -0.25) is 4.98 Å². The summed E-state index contributed by atoms with van der Waals surface area (Å²) in [6, 6.07) is 18.9. The van der Waals surface area contributed by atoms with Crippen LogP contribution < -0.4 is 0 Å². The quantitative estimate of drug-likeness (QED) is 0.565. The number of aromatic nitrogens is 1. The predicted octanol–water partition coefficient (Wildman–Crippen LogP) is 4.50. The normalized spacial score (nSPS) is 11.9. The van der Waals surface area contributed by atoms with Crippen LogP contribution in [-0.2, 0) is 4.79 Å². The largest absolute Gasteiger partial charge is 0.478 e. The molecule has 0 amide bonds. The maximum atomic E-state index is 11.3. The van der Waals surface area contributed by atoms with E-state index in [4.69, 9.17) is 4.42 Å². The predicted molar refractivity (Wildman–Crippen MR) is 92.7 cm³/mol. The molecule has 0 spiro atoms. The van der Waals surface area contributed by atoms with Gasteiger partial charge >= 0.3 is 5.97 Å². The maximum Gasteiger partial charge on any atom is 0.329 e. The van der Waals surface area contributed by atoms with Gasteiger partial charge in [0.05, 0.1) is 5.52 Å². The van der Waals surface area contributed by atoms with Crippen LogP contribution in [0.25, 0.3) is 27.4 Å². The molecule has 2 aromatic carbocycles. The minimum atomic E-state index is -1.02. The van der Waals surface area contributed by atoms with Crippen molar-refractivity contribution in [2.75, 3.05) is 0 Å². The summed E-state index contributed by atoms with van der Waals surface area (Å²) < 4.78 is 6.03. The highest BCUT2D eigenvalue weighted by Crippen LogP contribution is 2.32. The van der Waals surface area contributed by atoms with E-state index in [1.54, 1.807) is 6.20 Å². The second-order valence-electron chi connectivity index (χ2n) is 5.43. The highest BCUT2D eigenvalue weighted by Gasteiger charge is 2.14. The lowest BCUT2D eigenvalue weighted by atomic mass is 10.0. The highest BCUT2D eigenvalue weighted by atomic mass is 16.4. The van der Waals surface area contributed by atoms with Gasteiger partial charge in [-0.25, -0.2) is 4.79 Å². The Morgan fingerprint density at radius 1 is 1.04 bits per heavy atom. The third-order valence-electron chi connectivity index (χ3n) is 3.87. The zero-order valence-electron chi connectivity index (χ0n) is 12.6. The molecular formula is C20H13NO3. The zero-order valence-corrected chi connectivity index (χ0v) is 12.6. The molecule has 0 saturated heterocycles. The monoisotopic (exact) mass is 315 g/mol. The number of benzene rings is 2. The van der Waals surface area contributed by atoms with E-state index in [9.17, 15) is 9.90 Å². The third-order valence-corrected chi connectivity index (χ3v) is 3.87. The molecular weight excluding hydrogens is 302 g/mol. The number of furan rings is 1. The smallest absolute Gasteiger partial charge is 0.329 e. The van der Waals surface area contributed by atoms with E-state index in [2.05, 4.69) is 4.98 Å². The van der Waals surface area contributed by atoms with Crippen LogP contribution in [0.2, 0.25) is 0 Å². The first-order valence-electron chi connectivity index (χ1n) is 7.50. The fraction of sp³-hybridized carbons (Fsp3) is 0. The maximum absolute atomic E-state index is 11.3. The molecule has 0 radical (unpaired) electrons. The van der Waals surface area contributed by atoms with Crippen LogP contribution in [0.15, 0.2) is 77.4 Å². The summed E-state index contributed by atoms with van der Waals surface area (Å²) in [5.41, 5.74) is 2.87. The van der Waals surface area contributed by atoms with Crippen molar-refractivity contribution in [3.63, 3.8) is 0 Å². The standard InChI is InChI=1S/C20H13NO3/c22-19(23)11-16(13-6-2-1-3-7-13)18-10-14-12-21-17-9-5-4-8-15(17)20(14)24-18/h1-12H,(H,22,23)/b16-11-. The Balaban J connectivity index is 1.96. The lowest BCUT2D eigenvalue weighted by Gasteiger charge is -2.03. The number of pyridine rings is 1. The molecule has 0 saturated carbocycles. The van der Waals surface area contributed by atoms with Crippen LogP contribution in [0.4, 0.5) is 0 Å². The van der Waals surface area contributed by atoms with E-state index in [1.807, 2.05) is 60.7 Å². The van der Waals surface area contributed by atoms with Crippen LogP contribution in [0, 0.1) is 0 Å². The second-order valence-corrected chi connectivity index (χ2v) is 5.43. The zero-order chi connectivity index (χ0) is 16.5.